The van der Waals surface area contributed by atoms with E-state index in [0.29, 0.717) is 6.54 Å². The summed E-state index contributed by atoms with van der Waals surface area (Å²) in [4.78, 5) is 20.2. The molecule has 0 saturated carbocycles. The molecule has 1 aliphatic rings. The van der Waals surface area contributed by atoms with Gasteiger partial charge in [0, 0.05) is 40.3 Å². The van der Waals surface area contributed by atoms with Gasteiger partial charge in [-0.1, -0.05) is 0 Å². The summed E-state index contributed by atoms with van der Waals surface area (Å²) in [5.74, 6) is 1.37. The minimum Gasteiger partial charge on any atom is -0.368 e. The lowest BCUT2D eigenvalue weighted by Crippen LogP contribution is -2.61. The minimum atomic E-state index is -0.623. The van der Waals surface area contributed by atoms with Crippen LogP contribution >= 0.6 is 0 Å². The summed E-state index contributed by atoms with van der Waals surface area (Å²) in [5, 5.41) is 11.2. The third-order valence-electron chi connectivity index (χ3n) is 4.39. The molecule has 0 atom stereocenters. The first kappa shape index (κ1) is 17.2. The lowest BCUT2D eigenvalue weighted by Gasteiger charge is -2.43. The number of hydrogen-bond acceptors (Lipinski definition) is 5. The number of nitrogens with two attached hydrogens (primary N) is 1. The van der Waals surface area contributed by atoms with Crippen LogP contribution in [-0.2, 0) is 18.4 Å². The molecule has 0 radical (unpaired) electrons. The number of aliphatic imine (C=N–C) groups is 1. The van der Waals surface area contributed by atoms with E-state index in [-0.39, 0.29) is 5.91 Å². The molecule has 9 heteroatoms. The quantitative estimate of drug-likeness (QED) is 0.531. The van der Waals surface area contributed by atoms with Crippen molar-refractivity contribution >= 4 is 11.9 Å². The second kappa shape index (κ2) is 6.95. The Hall–Kier alpha value is -2.16. The molecule has 0 bridgehead atoms. The van der Waals surface area contributed by atoms with Gasteiger partial charge in [0.2, 0.25) is 5.91 Å². The zero-order valence-electron chi connectivity index (χ0n) is 14.3. The second-order valence-electron chi connectivity index (χ2n) is 6.16. The molecule has 1 fully saturated rings. The van der Waals surface area contributed by atoms with Gasteiger partial charge >= 0.3 is 0 Å². The second-order valence-corrected chi connectivity index (χ2v) is 6.16. The van der Waals surface area contributed by atoms with Crippen molar-refractivity contribution in [2.45, 2.75) is 25.9 Å². The summed E-state index contributed by atoms with van der Waals surface area (Å²) >= 11 is 0. The van der Waals surface area contributed by atoms with Crippen molar-refractivity contribution in [3.63, 3.8) is 0 Å². The van der Waals surface area contributed by atoms with Crippen LogP contribution in [0.25, 0.3) is 0 Å². The maximum atomic E-state index is 11.6. The van der Waals surface area contributed by atoms with Crippen LogP contribution < -0.4 is 11.1 Å². The maximum absolute atomic E-state index is 11.6. The van der Waals surface area contributed by atoms with E-state index in [2.05, 4.69) is 30.3 Å². The zero-order chi connectivity index (χ0) is 17.0. The minimum absolute atomic E-state index is 0.296. The van der Waals surface area contributed by atoms with Gasteiger partial charge in [0.15, 0.2) is 11.8 Å². The maximum Gasteiger partial charge on any atom is 0.237 e. The normalized spacial score (nSPS) is 17.4. The molecule has 128 valence electrons. The third-order valence-corrected chi connectivity index (χ3v) is 4.39. The lowest BCUT2D eigenvalue weighted by atomic mass is 10.0. The number of rotatable bonds is 4. The number of nitrogens with zero attached hydrogens (tertiary/aromatic N) is 6. The molecule has 0 aliphatic carbocycles. The predicted octanol–water partition coefficient (Wildman–Crippen LogP) is -1.23. The topological polar surface area (TPSA) is 105 Å². The molecule has 1 aliphatic heterocycles. The lowest BCUT2D eigenvalue weighted by molar-refractivity contribution is -0.129. The standard InChI is InChI=1S/C14H26N8O/c1-14(2,12(15)23)22-7-5-21(6-8-22)13(16-3)17-9-11-19-18-10-20(11)4/h10H,5-9H2,1-4H3,(H2,15,23)(H,16,17). The monoisotopic (exact) mass is 322 g/mol. The zero-order valence-corrected chi connectivity index (χ0v) is 14.3. The van der Waals surface area contributed by atoms with Gasteiger partial charge in [-0.25, -0.2) is 0 Å². The molecule has 2 rings (SSSR count). The molecule has 0 spiro atoms. The summed E-state index contributed by atoms with van der Waals surface area (Å²) in [7, 11) is 3.67. The van der Waals surface area contributed by atoms with Crippen molar-refractivity contribution in [1.29, 1.82) is 0 Å². The number of hydrogen-bond donors (Lipinski definition) is 2. The molecule has 23 heavy (non-hydrogen) atoms. The van der Waals surface area contributed by atoms with Crippen LogP contribution in [0.15, 0.2) is 11.3 Å². The van der Waals surface area contributed by atoms with Crippen LogP contribution in [0.5, 0.6) is 0 Å². The number of piperazine rings is 1. The Bertz CT molecular complexity index is 571. The fraction of sp³-hybridized carbons (Fsp3) is 0.714. The predicted molar refractivity (Wildman–Crippen MR) is 87.6 cm³/mol. The molecular formula is C14H26N8O. The molecule has 2 heterocycles. The fourth-order valence-electron chi connectivity index (χ4n) is 2.59. The van der Waals surface area contributed by atoms with E-state index in [9.17, 15) is 4.79 Å². The molecule has 1 aromatic heterocycles. The van der Waals surface area contributed by atoms with Crippen LogP contribution in [-0.4, -0.2) is 75.2 Å². The van der Waals surface area contributed by atoms with E-state index in [4.69, 9.17) is 5.73 Å². The molecular weight excluding hydrogens is 296 g/mol. The number of guanidine groups is 1. The molecule has 9 nitrogen and oxygen atoms in total. The largest absolute Gasteiger partial charge is 0.368 e. The van der Waals surface area contributed by atoms with Crippen LogP contribution in [0.3, 0.4) is 0 Å². The number of aryl methyl sites for hydroxylation is 1. The Morgan fingerprint density at radius 3 is 2.52 bits per heavy atom. The summed E-state index contributed by atoms with van der Waals surface area (Å²) in [5.41, 5.74) is 4.87. The summed E-state index contributed by atoms with van der Waals surface area (Å²) in [6, 6.07) is 0. The van der Waals surface area contributed by atoms with Crippen LogP contribution in [0, 0.1) is 0 Å². The molecule has 1 saturated heterocycles. The number of aromatic nitrogens is 3. The number of carbonyl (C=O) groups excluding carboxylic acids is 1. The van der Waals surface area contributed by atoms with E-state index in [0.717, 1.165) is 38.0 Å². The van der Waals surface area contributed by atoms with E-state index in [1.54, 1.807) is 13.4 Å². The van der Waals surface area contributed by atoms with Crippen molar-refractivity contribution in [2.75, 3.05) is 33.2 Å². The Kier molecular flexibility index (Phi) is 5.19. The van der Waals surface area contributed by atoms with Crippen molar-refractivity contribution in [1.82, 2.24) is 29.9 Å². The molecule has 0 aromatic carbocycles. The number of carbonyl (C=O) groups is 1. The Labute approximate surface area is 136 Å². The first-order chi connectivity index (χ1) is 10.9. The third kappa shape index (κ3) is 3.79. The molecule has 1 amide bonds. The number of primary amides is 1. The van der Waals surface area contributed by atoms with E-state index in [1.807, 2.05) is 25.5 Å². The van der Waals surface area contributed by atoms with Gasteiger partial charge < -0.3 is 20.5 Å². The Morgan fingerprint density at radius 1 is 1.39 bits per heavy atom. The Balaban J connectivity index is 1.90. The van der Waals surface area contributed by atoms with E-state index >= 15 is 0 Å². The average molecular weight is 322 g/mol. The summed E-state index contributed by atoms with van der Waals surface area (Å²) in [6.07, 6.45) is 1.67. The van der Waals surface area contributed by atoms with Gasteiger partial charge in [-0.05, 0) is 13.8 Å². The van der Waals surface area contributed by atoms with Gasteiger partial charge in [0.05, 0.1) is 12.1 Å². The van der Waals surface area contributed by atoms with Crippen LogP contribution in [0.1, 0.15) is 19.7 Å². The highest BCUT2D eigenvalue weighted by atomic mass is 16.1. The highest BCUT2D eigenvalue weighted by Gasteiger charge is 2.35. The van der Waals surface area contributed by atoms with E-state index in [1.165, 1.54) is 0 Å². The van der Waals surface area contributed by atoms with Crippen LogP contribution in [0.2, 0.25) is 0 Å². The molecule has 0 unspecified atom stereocenters. The average Bonchev–Trinajstić information content (AvgIpc) is 2.93. The van der Waals surface area contributed by atoms with Gasteiger partial charge in [-0.3, -0.25) is 14.7 Å². The highest BCUT2D eigenvalue weighted by Crippen LogP contribution is 2.16. The Morgan fingerprint density at radius 2 is 2.04 bits per heavy atom. The van der Waals surface area contributed by atoms with Crippen molar-refractivity contribution in [3.05, 3.63) is 12.2 Å². The first-order valence-corrected chi connectivity index (χ1v) is 7.69. The summed E-state index contributed by atoms with van der Waals surface area (Å²) < 4.78 is 1.87. The van der Waals surface area contributed by atoms with Gasteiger partial charge in [0.1, 0.15) is 6.33 Å². The summed E-state index contributed by atoms with van der Waals surface area (Å²) in [6.45, 7) is 7.40. The smallest absolute Gasteiger partial charge is 0.237 e. The van der Waals surface area contributed by atoms with Gasteiger partial charge in [-0.15, -0.1) is 10.2 Å². The highest BCUT2D eigenvalue weighted by molar-refractivity contribution is 5.84. The molecule has 1 aromatic rings. The van der Waals surface area contributed by atoms with Crippen molar-refractivity contribution in [3.8, 4) is 0 Å². The molecule has 3 N–H and O–H groups in total. The SMILES string of the molecule is CN=C(NCc1nncn1C)N1CCN(C(C)(C)C(N)=O)CC1. The van der Waals surface area contributed by atoms with Gasteiger partial charge in [-0.2, -0.15) is 0 Å². The number of nitrogens with one attached hydrogen (secondary N) is 1. The fourth-order valence-corrected chi connectivity index (χ4v) is 2.59. The van der Waals surface area contributed by atoms with E-state index < -0.39 is 5.54 Å². The van der Waals surface area contributed by atoms with Crippen molar-refractivity contribution in [2.24, 2.45) is 17.8 Å². The van der Waals surface area contributed by atoms with Gasteiger partial charge in [0.25, 0.3) is 0 Å². The first-order valence-electron chi connectivity index (χ1n) is 7.69. The number of amides is 1. The van der Waals surface area contributed by atoms with Crippen LogP contribution in [0.4, 0.5) is 0 Å². The van der Waals surface area contributed by atoms with Crippen molar-refractivity contribution < 1.29 is 4.79 Å².